The number of allylic oxidation sites excluding steroid dienone is 2. The van der Waals surface area contributed by atoms with Gasteiger partial charge in [0.05, 0.1) is 0 Å². The Kier molecular flexibility index (Phi) is 25.5. The van der Waals surface area contributed by atoms with E-state index in [4.69, 9.17) is 13.3 Å². The zero-order valence-electron chi connectivity index (χ0n) is 20.8. The fraction of sp³-hybridized carbons (Fsp3) is 0.917. The number of hydrogen-bond donors (Lipinski definition) is 0. The molecule has 182 valence electrons. The Morgan fingerprint density at radius 2 is 1.00 bits per heavy atom. The molecule has 0 aliphatic heterocycles. The van der Waals surface area contributed by atoms with Crippen LogP contribution >= 0.6 is 12.4 Å². The van der Waals surface area contributed by atoms with E-state index in [-0.39, 0.29) is 12.4 Å². The molecule has 0 aromatic rings. The summed E-state index contributed by atoms with van der Waals surface area (Å²) >= 11 is 0. The molecule has 0 saturated heterocycles. The van der Waals surface area contributed by atoms with Gasteiger partial charge >= 0.3 is 8.97 Å². The van der Waals surface area contributed by atoms with Crippen LogP contribution in [0, 0.1) is 0 Å². The lowest BCUT2D eigenvalue weighted by Gasteiger charge is -2.35. The summed E-state index contributed by atoms with van der Waals surface area (Å²) in [6.07, 6.45) is 24.6. The first-order chi connectivity index (χ1) is 14.2. The van der Waals surface area contributed by atoms with Crippen LogP contribution in [0.15, 0.2) is 12.2 Å². The first-order valence-electron chi connectivity index (χ1n) is 12.3. The highest BCUT2D eigenvalue weighted by atomic mass is 35.5. The van der Waals surface area contributed by atoms with E-state index in [9.17, 15) is 0 Å². The third kappa shape index (κ3) is 15.8. The molecule has 0 radical (unpaired) electrons. The largest absolute Gasteiger partial charge is 0.598 e. The van der Waals surface area contributed by atoms with E-state index >= 15 is 0 Å². The first kappa shape index (κ1) is 32.3. The summed E-state index contributed by atoms with van der Waals surface area (Å²) < 4.78 is 19.2. The van der Waals surface area contributed by atoms with Gasteiger partial charge in [0.1, 0.15) is 0 Å². The van der Waals surface area contributed by atoms with Gasteiger partial charge in [-0.3, -0.25) is 4.57 Å². The van der Waals surface area contributed by atoms with Gasteiger partial charge in [0.2, 0.25) is 0 Å². The minimum atomic E-state index is -2.65. The molecule has 0 bridgehead atoms. The van der Waals surface area contributed by atoms with Crippen LogP contribution in [0.5, 0.6) is 0 Å². The fourth-order valence-electron chi connectivity index (χ4n) is 3.84. The van der Waals surface area contributed by atoms with Crippen molar-refractivity contribution in [1.29, 1.82) is 0 Å². The molecule has 0 aromatic heterocycles. The Morgan fingerprint density at radius 3 is 1.43 bits per heavy atom. The lowest BCUT2D eigenvalue weighted by atomic mass is 10.1. The molecule has 0 heterocycles. The average molecular weight is 466 g/mol. The van der Waals surface area contributed by atoms with Crippen molar-refractivity contribution in [3.8, 4) is 0 Å². The maximum absolute atomic E-state index is 5.64. The first-order valence-corrected chi connectivity index (χ1v) is 13.9. The van der Waals surface area contributed by atoms with Crippen molar-refractivity contribution >= 4 is 21.4 Å². The van der Waals surface area contributed by atoms with E-state index < -0.39 is 8.97 Å². The van der Waals surface area contributed by atoms with Gasteiger partial charge in [-0.15, -0.1) is 12.4 Å². The van der Waals surface area contributed by atoms with Gasteiger partial charge in [-0.2, -0.15) is 0 Å². The van der Waals surface area contributed by atoms with Crippen LogP contribution in [-0.2, 0) is 13.3 Å². The molecule has 0 aromatic carbocycles. The number of nitrogens with zero attached hydrogens (tertiary/aromatic N) is 1. The highest BCUT2D eigenvalue weighted by molar-refractivity contribution is 6.57. The van der Waals surface area contributed by atoms with Gasteiger partial charge in [0.25, 0.3) is 0 Å². The molecule has 30 heavy (non-hydrogen) atoms. The molecular weight excluding hydrogens is 414 g/mol. The molecule has 0 spiro atoms. The Hall–Kier alpha value is 0.0869. The fourth-order valence-corrected chi connectivity index (χ4v) is 6.05. The number of rotatable bonds is 22. The topological polar surface area (TPSA) is 30.9 Å². The predicted molar refractivity (Wildman–Crippen MR) is 135 cm³/mol. The third-order valence-electron chi connectivity index (χ3n) is 5.59. The van der Waals surface area contributed by atoms with Crippen molar-refractivity contribution in [3.05, 3.63) is 12.2 Å². The van der Waals surface area contributed by atoms with Crippen LogP contribution in [0.3, 0.4) is 0 Å². The molecule has 0 rings (SSSR count). The standard InChI is InChI=1S/C24H51NO3Si.ClH/c1-6-8-9-10-11-12-13-14-15-16-17-18-19-20-21-22-24-25(23-7-2)29(26-3,27-4)28-5;/h14-15H,6-13,16-24H2,1-5H3;1H. The van der Waals surface area contributed by atoms with Gasteiger partial charge < -0.3 is 13.3 Å². The molecule has 0 aliphatic carbocycles. The maximum atomic E-state index is 5.64. The van der Waals surface area contributed by atoms with Crippen molar-refractivity contribution in [1.82, 2.24) is 4.57 Å². The van der Waals surface area contributed by atoms with Gasteiger partial charge in [-0.05, 0) is 51.6 Å². The molecule has 0 unspecified atom stereocenters. The predicted octanol–water partition coefficient (Wildman–Crippen LogP) is 7.53. The highest BCUT2D eigenvalue weighted by Gasteiger charge is 2.45. The van der Waals surface area contributed by atoms with Gasteiger partial charge in [-0.1, -0.05) is 83.8 Å². The molecule has 0 atom stereocenters. The minimum Gasteiger partial charge on any atom is -0.364 e. The van der Waals surface area contributed by atoms with E-state index in [1.165, 1.54) is 89.9 Å². The average Bonchev–Trinajstić information content (AvgIpc) is 2.75. The summed E-state index contributed by atoms with van der Waals surface area (Å²) in [4.78, 5) is 0. The molecule has 0 N–H and O–H groups in total. The lowest BCUT2D eigenvalue weighted by Crippen LogP contribution is -2.59. The summed E-state index contributed by atoms with van der Waals surface area (Å²) in [5, 5.41) is 0. The highest BCUT2D eigenvalue weighted by Crippen LogP contribution is 2.16. The Bertz CT molecular complexity index is 360. The molecule has 6 heteroatoms. The van der Waals surface area contributed by atoms with Crippen LogP contribution in [-0.4, -0.2) is 48.0 Å². The van der Waals surface area contributed by atoms with Crippen LogP contribution in [0.4, 0.5) is 0 Å². The Morgan fingerprint density at radius 1 is 0.567 bits per heavy atom. The van der Waals surface area contributed by atoms with Gasteiger partial charge in [-0.25, -0.2) is 0 Å². The molecule has 4 nitrogen and oxygen atoms in total. The Labute approximate surface area is 196 Å². The van der Waals surface area contributed by atoms with Gasteiger partial charge in [0, 0.05) is 21.3 Å². The van der Waals surface area contributed by atoms with E-state index in [0.29, 0.717) is 0 Å². The van der Waals surface area contributed by atoms with Crippen LogP contribution in [0.25, 0.3) is 0 Å². The van der Waals surface area contributed by atoms with Crippen molar-refractivity contribution < 1.29 is 13.3 Å². The SMILES string of the molecule is CCCCCCCCC=CCCCCCCCCN(CCC)[Si](OC)(OC)OC.Cl. The number of hydrogen-bond acceptors (Lipinski definition) is 4. The quantitative estimate of drug-likeness (QED) is 0.0938. The summed E-state index contributed by atoms with van der Waals surface area (Å²) in [6.45, 7) is 6.43. The van der Waals surface area contributed by atoms with E-state index in [1.807, 2.05) is 0 Å². The smallest absolute Gasteiger partial charge is 0.364 e. The van der Waals surface area contributed by atoms with E-state index in [0.717, 1.165) is 19.5 Å². The van der Waals surface area contributed by atoms with E-state index in [2.05, 4.69) is 30.6 Å². The zero-order valence-corrected chi connectivity index (χ0v) is 22.6. The molecule has 0 aliphatic rings. The van der Waals surface area contributed by atoms with Crippen LogP contribution in [0.2, 0.25) is 0 Å². The number of unbranched alkanes of at least 4 members (excludes halogenated alkanes) is 12. The minimum absolute atomic E-state index is 0. The summed E-state index contributed by atoms with van der Waals surface area (Å²) in [5.41, 5.74) is 0. The van der Waals surface area contributed by atoms with Crippen LogP contribution in [0.1, 0.15) is 110 Å². The second-order valence-corrected chi connectivity index (χ2v) is 11.0. The second-order valence-electron chi connectivity index (χ2n) is 8.06. The Balaban J connectivity index is 0. The molecule has 0 saturated carbocycles. The lowest BCUT2D eigenvalue weighted by molar-refractivity contribution is 0.0565. The summed E-state index contributed by atoms with van der Waals surface area (Å²) in [7, 11) is 2.44. The van der Waals surface area contributed by atoms with Crippen molar-refractivity contribution in [3.63, 3.8) is 0 Å². The third-order valence-corrected chi connectivity index (χ3v) is 8.36. The summed E-state index contributed by atoms with van der Waals surface area (Å²) in [5.74, 6) is 0. The molecule has 0 amide bonds. The normalized spacial score (nSPS) is 12.1. The zero-order chi connectivity index (χ0) is 21.6. The van der Waals surface area contributed by atoms with Crippen LogP contribution < -0.4 is 0 Å². The van der Waals surface area contributed by atoms with E-state index in [1.54, 1.807) is 21.3 Å². The van der Waals surface area contributed by atoms with Crippen molar-refractivity contribution in [2.75, 3.05) is 34.4 Å². The second kappa shape index (κ2) is 23.7. The molecular formula is C24H52ClNO3Si. The number of halogens is 1. The van der Waals surface area contributed by atoms with Crippen molar-refractivity contribution in [2.24, 2.45) is 0 Å². The molecule has 0 fully saturated rings. The maximum Gasteiger partial charge on any atom is 0.598 e. The summed E-state index contributed by atoms with van der Waals surface area (Å²) in [6, 6.07) is 0. The van der Waals surface area contributed by atoms with Gasteiger partial charge in [0.15, 0.2) is 0 Å². The van der Waals surface area contributed by atoms with Crippen molar-refractivity contribution in [2.45, 2.75) is 110 Å². The monoisotopic (exact) mass is 465 g/mol.